The highest BCUT2D eigenvalue weighted by molar-refractivity contribution is 6.31. The molecule has 1 aromatic heterocycles. The lowest BCUT2D eigenvalue weighted by atomic mass is 10.0. The molecule has 0 aliphatic carbocycles. The molecule has 0 saturated heterocycles. The number of aromatic amines is 1. The molecule has 2 amide bonds. The standard InChI is InChI=1S/C21H19ClF3N3O3/c1-11(14-10-26-20(30)18-13(14)4-6-17(24)19(18)25)28(7-2-8-29)21(31)27-12-3-5-16(23)15(22)9-12/h3-6,9-11,29H,2,7-8H2,1H3,(H,26,30)(H,27,31). The highest BCUT2D eigenvalue weighted by Crippen LogP contribution is 2.29. The first kappa shape index (κ1) is 22.6. The SMILES string of the molecule is CC(c1c[nH]c(=O)c2c(F)c(F)ccc12)N(CCCO)C(=O)Nc1ccc(F)c(Cl)c1. The quantitative estimate of drug-likeness (QED) is 0.511. The van der Waals surface area contributed by atoms with E-state index >= 15 is 0 Å². The maximum Gasteiger partial charge on any atom is 0.322 e. The third-order valence-electron chi connectivity index (χ3n) is 4.90. The van der Waals surface area contributed by atoms with Gasteiger partial charge in [0.25, 0.3) is 5.56 Å². The molecule has 0 fully saturated rings. The number of nitrogens with one attached hydrogen (secondary N) is 2. The topological polar surface area (TPSA) is 85.4 Å². The van der Waals surface area contributed by atoms with Gasteiger partial charge in [0.15, 0.2) is 11.6 Å². The van der Waals surface area contributed by atoms with Crippen LogP contribution in [0, 0.1) is 17.5 Å². The Hall–Kier alpha value is -3.04. The number of benzene rings is 2. The summed E-state index contributed by atoms with van der Waals surface area (Å²) in [5.74, 6) is -3.08. The second-order valence-corrected chi connectivity index (χ2v) is 7.27. The summed E-state index contributed by atoms with van der Waals surface area (Å²) < 4.78 is 41.3. The van der Waals surface area contributed by atoms with Crippen LogP contribution in [0.4, 0.5) is 23.7 Å². The molecular formula is C21H19ClF3N3O3. The molecule has 0 radical (unpaired) electrons. The number of anilines is 1. The lowest BCUT2D eigenvalue weighted by Crippen LogP contribution is -2.38. The second-order valence-electron chi connectivity index (χ2n) is 6.86. The van der Waals surface area contributed by atoms with Gasteiger partial charge in [-0.25, -0.2) is 18.0 Å². The summed E-state index contributed by atoms with van der Waals surface area (Å²) in [4.78, 5) is 28.7. The van der Waals surface area contributed by atoms with Crippen molar-refractivity contribution in [1.82, 2.24) is 9.88 Å². The Balaban J connectivity index is 2.00. The number of H-pyrrole nitrogens is 1. The van der Waals surface area contributed by atoms with Crippen LogP contribution in [0.5, 0.6) is 0 Å². The van der Waals surface area contributed by atoms with Crippen LogP contribution >= 0.6 is 11.6 Å². The average molecular weight is 454 g/mol. The lowest BCUT2D eigenvalue weighted by Gasteiger charge is -2.30. The van der Waals surface area contributed by atoms with Gasteiger partial charge < -0.3 is 20.3 Å². The van der Waals surface area contributed by atoms with Crippen molar-refractivity contribution in [3.05, 3.63) is 74.9 Å². The predicted molar refractivity (Wildman–Crippen MR) is 112 cm³/mol. The van der Waals surface area contributed by atoms with Crippen LogP contribution in [0.15, 0.2) is 41.3 Å². The molecule has 10 heteroatoms. The van der Waals surface area contributed by atoms with E-state index in [0.29, 0.717) is 5.56 Å². The van der Waals surface area contributed by atoms with Gasteiger partial charge in [-0.1, -0.05) is 17.7 Å². The van der Waals surface area contributed by atoms with Gasteiger partial charge >= 0.3 is 6.03 Å². The largest absolute Gasteiger partial charge is 0.396 e. The fourth-order valence-corrected chi connectivity index (χ4v) is 3.48. The van der Waals surface area contributed by atoms with Crippen LogP contribution in [0.3, 0.4) is 0 Å². The first-order valence-electron chi connectivity index (χ1n) is 9.37. The maximum absolute atomic E-state index is 14.3. The van der Waals surface area contributed by atoms with E-state index < -0.39 is 40.5 Å². The number of rotatable bonds is 6. The Morgan fingerprint density at radius 2 is 1.94 bits per heavy atom. The molecule has 3 N–H and O–H groups in total. The molecule has 6 nitrogen and oxygen atoms in total. The van der Waals surface area contributed by atoms with E-state index in [1.807, 2.05) is 0 Å². The number of fused-ring (bicyclic) bond motifs is 1. The number of pyridine rings is 1. The number of aliphatic hydroxyl groups is 1. The maximum atomic E-state index is 14.3. The number of halogens is 4. The van der Waals surface area contributed by atoms with Gasteiger partial charge in [0.2, 0.25) is 0 Å². The third-order valence-corrected chi connectivity index (χ3v) is 5.19. The molecule has 31 heavy (non-hydrogen) atoms. The predicted octanol–water partition coefficient (Wildman–Crippen LogP) is 4.58. The van der Waals surface area contributed by atoms with Crippen molar-refractivity contribution in [1.29, 1.82) is 0 Å². The average Bonchev–Trinajstić information content (AvgIpc) is 2.73. The van der Waals surface area contributed by atoms with Crippen molar-refractivity contribution in [2.24, 2.45) is 0 Å². The number of nitrogens with zero attached hydrogens (tertiary/aromatic N) is 1. The van der Waals surface area contributed by atoms with E-state index in [0.717, 1.165) is 12.1 Å². The fraction of sp³-hybridized carbons (Fsp3) is 0.238. The molecule has 0 aliphatic rings. The molecule has 0 bridgehead atoms. The summed E-state index contributed by atoms with van der Waals surface area (Å²) in [7, 11) is 0. The van der Waals surface area contributed by atoms with Gasteiger partial charge in [-0.3, -0.25) is 4.79 Å². The van der Waals surface area contributed by atoms with Gasteiger partial charge in [-0.2, -0.15) is 0 Å². The molecule has 3 aromatic rings. The molecule has 1 unspecified atom stereocenters. The van der Waals surface area contributed by atoms with E-state index in [1.165, 1.54) is 29.3 Å². The number of carbonyl (C=O) groups is 1. The van der Waals surface area contributed by atoms with Crippen molar-refractivity contribution in [2.75, 3.05) is 18.5 Å². The number of aliphatic hydroxyl groups excluding tert-OH is 1. The zero-order valence-electron chi connectivity index (χ0n) is 16.4. The Labute approximate surface area is 180 Å². The van der Waals surface area contributed by atoms with Crippen LogP contribution in [0.25, 0.3) is 10.8 Å². The smallest absolute Gasteiger partial charge is 0.322 e. The molecule has 0 saturated carbocycles. The highest BCUT2D eigenvalue weighted by atomic mass is 35.5. The van der Waals surface area contributed by atoms with Crippen LogP contribution in [-0.4, -0.2) is 34.2 Å². The summed E-state index contributed by atoms with van der Waals surface area (Å²) in [6.07, 6.45) is 1.58. The summed E-state index contributed by atoms with van der Waals surface area (Å²) >= 11 is 5.75. The van der Waals surface area contributed by atoms with E-state index in [2.05, 4.69) is 10.3 Å². The van der Waals surface area contributed by atoms with Gasteiger partial charge in [0.1, 0.15) is 5.82 Å². The van der Waals surface area contributed by atoms with E-state index in [-0.39, 0.29) is 35.7 Å². The minimum Gasteiger partial charge on any atom is -0.396 e. The summed E-state index contributed by atoms with van der Waals surface area (Å²) in [6.45, 7) is 1.57. The zero-order chi connectivity index (χ0) is 22.7. The highest BCUT2D eigenvalue weighted by Gasteiger charge is 2.25. The molecule has 0 spiro atoms. The minimum absolute atomic E-state index is 0.114. The van der Waals surface area contributed by atoms with Gasteiger partial charge in [-0.05, 0) is 48.6 Å². The Kier molecular flexibility index (Phi) is 6.87. The van der Waals surface area contributed by atoms with Crippen molar-refractivity contribution < 1.29 is 23.1 Å². The van der Waals surface area contributed by atoms with Gasteiger partial charge in [-0.15, -0.1) is 0 Å². The van der Waals surface area contributed by atoms with Crippen LogP contribution in [0.2, 0.25) is 5.02 Å². The molecular weight excluding hydrogens is 435 g/mol. The number of hydrogen-bond donors (Lipinski definition) is 3. The number of urea groups is 1. The number of amides is 2. The van der Waals surface area contributed by atoms with E-state index in [4.69, 9.17) is 11.6 Å². The number of carbonyl (C=O) groups excluding carboxylic acids is 1. The molecule has 1 heterocycles. The summed E-state index contributed by atoms with van der Waals surface area (Å²) in [5.41, 5.74) is -0.175. The summed E-state index contributed by atoms with van der Waals surface area (Å²) in [5, 5.41) is 11.4. The Morgan fingerprint density at radius 3 is 2.61 bits per heavy atom. The van der Waals surface area contributed by atoms with Crippen molar-refractivity contribution >= 4 is 34.1 Å². The normalized spacial score (nSPS) is 12.1. The van der Waals surface area contributed by atoms with Crippen LogP contribution < -0.4 is 10.9 Å². The zero-order valence-corrected chi connectivity index (χ0v) is 17.1. The second kappa shape index (κ2) is 9.40. The Bertz CT molecular complexity index is 1190. The van der Waals surface area contributed by atoms with Crippen LogP contribution in [0.1, 0.15) is 24.9 Å². The molecule has 2 aromatic carbocycles. The fourth-order valence-electron chi connectivity index (χ4n) is 3.30. The molecule has 3 rings (SSSR count). The number of hydrogen-bond acceptors (Lipinski definition) is 3. The molecule has 164 valence electrons. The lowest BCUT2D eigenvalue weighted by molar-refractivity contribution is 0.182. The van der Waals surface area contributed by atoms with Crippen LogP contribution in [-0.2, 0) is 0 Å². The molecule has 1 atom stereocenters. The van der Waals surface area contributed by atoms with E-state index in [1.54, 1.807) is 6.92 Å². The van der Waals surface area contributed by atoms with Gasteiger partial charge in [0.05, 0.1) is 16.5 Å². The van der Waals surface area contributed by atoms with Crippen molar-refractivity contribution in [3.63, 3.8) is 0 Å². The summed E-state index contributed by atoms with van der Waals surface area (Å²) in [6, 6.07) is 4.57. The van der Waals surface area contributed by atoms with E-state index in [9.17, 15) is 27.9 Å². The minimum atomic E-state index is -1.28. The molecule has 0 aliphatic heterocycles. The van der Waals surface area contributed by atoms with Crippen molar-refractivity contribution in [3.8, 4) is 0 Å². The first-order valence-corrected chi connectivity index (χ1v) is 9.75. The Morgan fingerprint density at radius 1 is 1.23 bits per heavy atom. The van der Waals surface area contributed by atoms with Crippen molar-refractivity contribution in [2.45, 2.75) is 19.4 Å². The third kappa shape index (κ3) is 4.67. The number of aromatic nitrogens is 1. The first-order chi connectivity index (χ1) is 14.7. The van der Waals surface area contributed by atoms with Gasteiger partial charge in [0, 0.05) is 25.0 Å². The monoisotopic (exact) mass is 453 g/mol.